The number of unbranched alkanes of at least 4 members (excludes halogenated alkanes) is 6. The summed E-state index contributed by atoms with van der Waals surface area (Å²) in [7, 11) is 6.40. The van der Waals surface area contributed by atoms with Crippen LogP contribution in [0.25, 0.3) is 10.9 Å². The average molecular weight is 450 g/mol. The van der Waals surface area contributed by atoms with Gasteiger partial charge in [0, 0.05) is 17.8 Å². The van der Waals surface area contributed by atoms with Crippen LogP contribution in [0.15, 0.2) is 54.6 Å². The van der Waals surface area contributed by atoms with Crippen LogP contribution in [0.2, 0.25) is 0 Å². The van der Waals surface area contributed by atoms with E-state index in [9.17, 15) is 4.79 Å². The molecule has 0 atom stereocenters. The Morgan fingerprint density at radius 2 is 1.48 bits per heavy atom. The number of carbonyl (C=O) groups is 1. The van der Waals surface area contributed by atoms with Crippen LogP contribution in [-0.2, 0) is 22.5 Å². The van der Waals surface area contributed by atoms with Crippen LogP contribution in [-0.4, -0.2) is 38.3 Å². The van der Waals surface area contributed by atoms with E-state index in [0.717, 1.165) is 29.4 Å². The highest BCUT2D eigenvalue weighted by Crippen LogP contribution is 2.20. The molecule has 0 radical (unpaired) electrons. The van der Waals surface area contributed by atoms with E-state index in [-0.39, 0.29) is 5.97 Å². The number of hydrogen-bond acceptors (Lipinski definition) is 2. The number of benzene rings is 2. The minimum Gasteiger partial charge on any atom is -0.465 e. The number of para-hydroxylation sites is 1. The van der Waals surface area contributed by atoms with Gasteiger partial charge in [0.25, 0.3) is 0 Å². The molecule has 0 fully saturated rings. The van der Waals surface area contributed by atoms with E-state index in [4.69, 9.17) is 4.74 Å². The van der Waals surface area contributed by atoms with Crippen LogP contribution >= 0.6 is 0 Å². The first-order valence-electron chi connectivity index (χ1n) is 12.5. The van der Waals surface area contributed by atoms with E-state index < -0.39 is 0 Å². The molecule has 2 aromatic carbocycles. The maximum Gasteiger partial charge on any atom is 0.310 e. The van der Waals surface area contributed by atoms with Gasteiger partial charge in [0.15, 0.2) is 0 Å². The molecule has 0 spiro atoms. The topological polar surface area (TPSA) is 31.2 Å². The van der Waals surface area contributed by atoms with E-state index in [1.165, 1.54) is 54.4 Å². The van der Waals surface area contributed by atoms with Crippen molar-refractivity contribution in [1.82, 2.24) is 9.05 Å². The summed E-state index contributed by atoms with van der Waals surface area (Å²) < 4.78 is 8.65. The number of rotatable bonds is 13. The third-order valence-corrected chi connectivity index (χ3v) is 6.37. The number of fused-ring (bicyclic) bond motifs is 1. The molecule has 4 heteroatoms. The molecule has 3 rings (SSSR count). The van der Waals surface area contributed by atoms with E-state index in [2.05, 4.69) is 75.1 Å². The number of carbonyl (C=O) groups excluding carboxylic acids is 1. The Hall–Kier alpha value is -2.59. The van der Waals surface area contributed by atoms with Gasteiger partial charge in [-0.1, -0.05) is 62.4 Å². The van der Waals surface area contributed by atoms with Gasteiger partial charge >= 0.3 is 5.97 Å². The zero-order chi connectivity index (χ0) is 23.7. The summed E-state index contributed by atoms with van der Waals surface area (Å²) in [5.74, 6) is -0.124. The highest BCUT2D eigenvalue weighted by Gasteiger charge is 2.12. The van der Waals surface area contributed by atoms with Gasteiger partial charge in [-0.15, -0.1) is 0 Å². The van der Waals surface area contributed by atoms with Crippen molar-refractivity contribution < 1.29 is 9.53 Å². The van der Waals surface area contributed by atoms with Gasteiger partial charge in [0.2, 0.25) is 0 Å². The summed E-state index contributed by atoms with van der Waals surface area (Å²) in [6.07, 6.45) is 8.71. The lowest BCUT2D eigenvalue weighted by molar-refractivity contribution is -0.142. The average Bonchev–Trinajstić information content (AvgIpc) is 3.10. The lowest BCUT2D eigenvalue weighted by atomic mass is 10.1. The molecule has 178 valence electrons. The molecular formula is C29H41N2O2+. The summed E-state index contributed by atoms with van der Waals surface area (Å²) in [5, 5.41) is 1.34. The normalized spacial score (nSPS) is 11.8. The molecule has 0 N–H and O–H groups in total. The van der Waals surface area contributed by atoms with Crippen molar-refractivity contribution in [3.05, 3.63) is 65.9 Å². The number of hydrogen-bond donors (Lipinski definition) is 0. The Kier molecular flexibility index (Phi) is 9.13. The van der Waals surface area contributed by atoms with Crippen molar-refractivity contribution in [1.29, 1.82) is 0 Å². The molecule has 3 aromatic rings. The quantitative estimate of drug-likeness (QED) is 0.166. The molecule has 0 amide bonds. The molecule has 0 aliphatic rings. The predicted molar refractivity (Wildman–Crippen MR) is 140 cm³/mol. The van der Waals surface area contributed by atoms with E-state index in [0.29, 0.717) is 13.0 Å². The standard InChI is InChI=1S/C29H41N2O2/c1-24-22-26-14-10-11-15-28(26)30(24)20-12-8-6-5-7-9-13-21-33-29(32)23-25-16-18-27(19-17-25)31(2,3)4/h10-11,14-19,22H,5-9,12-13,20-21,23H2,1-4H3/q+1. The van der Waals surface area contributed by atoms with Gasteiger partial charge in [-0.2, -0.15) is 0 Å². The van der Waals surface area contributed by atoms with Gasteiger partial charge in [0.1, 0.15) is 5.69 Å². The molecule has 1 heterocycles. The fourth-order valence-corrected chi connectivity index (χ4v) is 4.37. The third kappa shape index (κ3) is 7.75. The Morgan fingerprint density at radius 1 is 0.848 bits per heavy atom. The number of aromatic nitrogens is 1. The Morgan fingerprint density at radius 3 is 2.18 bits per heavy atom. The van der Waals surface area contributed by atoms with Crippen LogP contribution in [0.4, 0.5) is 5.69 Å². The highest BCUT2D eigenvalue weighted by atomic mass is 16.5. The van der Waals surface area contributed by atoms with Crippen molar-refractivity contribution in [2.45, 2.75) is 64.8 Å². The van der Waals surface area contributed by atoms with Crippen molar-refractivity contribution in [2.75, 3.05) is 27.7 Å². The first-order chi connectivity index (χ1) is 15.8. The SMILES string of the molecule is Cc1cc2ccccc2n1CCCCCCCCCOC(=O)Cc1ccc([N+](C)(C)C)cc1. The fourth-order valence-electron chi connectivity index (χ4n) is 4.37. The first-order valence-corrected chi connectivity index (χ1v) is 12.5. The van der Waals surface area contributed by atoms with Crippen LogP contribution in [0.3, 0.4) is 0 Å². The van der Waals surface area contributed by atoms with Crippen molar-refractivity contribution in [3.63, 3.8) is 0 Å². The van der Waals surface area contributed by atoms with Gasteiger partial charge in [0.05, 0.1) is 34.2 Å². The molecule has 33 heavy (non-hydrogen) atoms. The zero-order valence-corrected chi connectivity index (χ0v) is 21.0. The van der Waals surface area contributed by atoms with Crippen LogP contribution in [0.5, 0.6) is 0 Å². The Balaban J connectivity index is 1.21. The summed E-state index contributed by atoms with van der Waals surface area (Å²) in [6.45, 7) is 3.85. The van der Waals surface area contributed by atoms with Gasteiger partial charge in [-0.25, -0.2) is 0 Å². The van der Waals surface area contributed by atoms with Gasteiger partial charge < -0.3 is 9.30 Å². The number of aryl methyl sites for hydroxylation is 2. The minimum atomic E-state index is -0.124. The molecule has 0 saturated heterocycles. The predicted octanol–water partition coefficient (Wildman–Crippen LogP) is 6.66. The second-order valence-corrected chi connectivity index (χ2v) is 10.0. The largest absolute Gasteiger partial charge is 0.465 e. The Labute approximate surface area is 199 Å². The molecule has 0 aliphatic heterocycles. The molecule has 4 nitrogen and oxygen atoms in total. The number of ether oxygens (including phenoxy) is 1. The van der Waals surface area contributed by atoms with E-state index >= 15 is 0 Å². The molecule has 0 bridgehead atoms. The maximum absolute atomic E-state index is 12.1. The molecule has 0 aliphatic carbocycles. The number of nitrogens with zero attached hydrogens (tertiary/aromatic N) is 2. The molecule has 1 aromatic heterocycles. The monoisotopic (exact) mass is 449 g/mol. The Bertz CT molecular complexity index is 1010. The molecule has 0 saturated carbocycles. The van der Waals surface area contributed by atoms with Gasteiger partial charge in [-0.05, 0) is 55.0 Å². The second-order valence-electron chi connectivity index (χ2n) is 10.0. The van der Waals surface area contributed by atoms with E-state index in [1.807, 2.05) is 12.1 Å². The third-order valence-electron chi connectivity index (χ3n) is 6.37. The van der Waals surface area contributed by atoms with Crippen LogP contribution < -0.4 is 4.48 Å². The van der Waals surface area contributed by atoms with Gasteiger partial charge in [-0.3, -0.25) is 9.28 Å². The first kappa shape index (κ1) is 25.0. The fraction of sp³-hybridized carbons (Fsp3) is 0.483. The lowest BCUT2D eigenvalue weighted by Gasteiger charge is -2.23. The highest BCUT2D eigenvalue weighted by molar-refractivity contribution is 5.81. The van der Waals surface area contributed by atoms with Crippen molar-refractivity contribution >= 4 is 22.6 Å². The molecule has 0 unspecified atom stereocenters. The van der Waals surface area contributed by atoms with Crippen molar-refractivity contribution in [3.8, 4) is 0 Å². The van der Waals surface area contributed by atoms with Crippen LogP contribution in [0, 0.1) is 6.92 Å². The summed E-state index contributed by atoms with van der Waals surface area (Å²) in [6, 6.07) is 19.2. The smallest absolute Gasteiger partial charge is 0.310 e. The number of quaternary nitrogens is 1. The lowest BCUT2D eigenvalue weighted by Crippen LogP contribution is -2.34. The van der Waals surface area contributed by atoms with Crippen LogP contribution in [0.1, 0.15) is 56.2 Å². The summed E-state index contributed by atoms with van der Waals surface area (Å²) >= 11 is 0. The van der Waals surface area contributed by atoms with E-state index in [1.54, 1.807) is 0 Å². The zero-order valence-electron chi connectivity index (χ0n) is 21.0. The second kappa shape index (κ2) is 12.0. The summed E-state index contributed by atoms with van der Waals surface area (Å²) in [4.78, 5) is 12.1. The maximum atomic E-state index is 12.1. The van der Waals surface area contributed by atoms with Crippen molar-refractivity contribution in [2.24, 2.45) is 0 Å². The minimum absolute atomic E-state index is 0.124. The summed E-state index contributed by atoms with van der Waals surface area (Å²) in [5.41, 5.74) is 4.94. The molecular weight excluding hydrogens is 408 g/mol. The number of esters is 1.